The van der Waals surface area contributed by atoms with Crippen LogP contribution in [0.1, 0.15) is 0 Å². The van der Waals surface area contributed by atoms with E-state index in [0.29, 0.717) is 11.1 Å². The number of aromatic nitrogens is 2. The van der Waals surface area contributed by atoms with Gasteiger partial charge in [0, 0.05) is 17.7 Å². The first-order valence-electron chi connectivity index (χ1n) is 6.70. The smallest absolute Gasteiger partial charge is 0.238 e. The molecule has 0 spiro atoms. The highest BCUT2D eigenvalue weighted by Gasteiger charge is 2.19. The molecule has 23 heavy (non-hydrogen) atoms. The lowest BCUT2D eigenvalue weighted by Crippen LogP contribution is -2.03. The third kappa shape index (κ3) is 1.90. The molecule has 0 saturated carbocycles. The van der Waals surface area contributed by atoms with Gasteiger partial charge in [-0.05, 0) is 18.2 Å². The van der Waals surface area contributed by atoms with Gasteiger partial charge in [-0.15, -0.1) is 0 Å². The Bertz CT molecular complexity index is 1130. The van der Waals surface area contributed by atoms with Gasteiger partial charge in [-0.2, -0.15) is 0 Å². The number of imidazole rings is 1. The molecule has 0 unspecified atom stereocenters. The maximum atomic E-state index is 12.3. The molecule has 4 aromatic rings. The Morgan fingerprint density at radius 3 is 2.74 bits per heavy atom. The van der Waals surface area contributed by atoms with Gasteiger partial charge < -0.3 is 24.7 Å². The van der Waals surface area contributed by atoms with E-state index >= 15 is 0 Å². The Balaban J connectivity index is 2.07. The summed E-state index contributed by atoms with van der Waals surface area (Å²) in [5, 5.41) is 29.3. The zero-order chi connectivity index (χ0) is 16.1. The quantitative estimate of drug-likeness (QED) is 0.429. The van der Waals surface area contributed by atoms with E-state index in [1.54, 1.807) is 18.2 Å². The van der Waals surface area contributed by atoms with Crippen LogP contribution in [0.25, 0.3) is 33.3 Å². The lowest BCUT2D eigenvalue weighted by Gasteiger charge is -2.07. The average Bonchev–Trinajstić information content (AvgIpc) is 2.97. The van der Waals surface area contributed by atoms with Crippen LogP contribution in [0.4, 0.5) is 0 Å². The summed E-state index contributed by atoms with van der Waals surface area (Å²) in [6.07, 6.45) is 1.53. The number of aromatic amines is 1. The predicted molar refractivity (Wildman–Crippen MR) is 82.6 cm³/mol. The largest absolute Gasteiger partial charge is 0.508 e. The minimum absolute atomic E-state index is 0.0255. The van der Waals surface area contributed by atoms with Crippen LogP contribution in [0, 0.1) is 0 Å². The molecule has 0 atom stereocenters. The third-order valence-electron chi connectivity index (χ3n) is 3.62. The van der Waals surface area contributed by atoms with E-state index in [1.165, 1.54) is 12.4 Å². The van der Waals surface area contributed by atoms with Crippen LogP contribution >= 0.6 is 0 Å². The predicted octanol–water partition coefficient (Wildman–Crippen LogP) is 2.45. The van der Waals surface area contributed by atoms with E-state index in [0.717, 1.165) is 11.6 Å². The first-order chi connectivity index (χ1) is 11.0. The van der Waals surface area contributed by atoms with Crippen LogP contribution in [-0.2, 0) is 0 Å². The molecule has 2 aromatic carbocycles. The van der Waals surface area contributed by atoms with Crippen molar-refractivity contribution in [3.05, 3.63) is 46.9 Å². The third-order valence-corrected chi connectivity index (χ3v) is 3.62. The number of aromatic hydroxyl groups is 3. The van der Waals surface area contributed by atoms with E-state index in [9.17, 15) is 20.1 Å². The maximum Gasteiger partial charge on any atom is 0.238 e. The molecule has 7 nitrogen and oxygen atoms in total. The molecule has 0 fully saturated rings. The van der Waals surface area contributed by atoms with Crippen molar-refractivity contribution in [3.63, 3.8) is 0 Å². The van der Waals surface area contributed by atoms with Gasteiger partial charge in [0.15, 0.2) is 5.76 Å². The standard InChI is InChI=1S/C16H10N2O5/c19-8-4-11(20)13-12(5-8)23-16(15(22)14(13)21)7-1-2-9-10(3-7)18-6-17-9/h1-6,19-20,22H,(H,17,18). The number of nitrogens with one attached hydrogen (secondary N) is 1. The molecule has 4 N–H and O–H groups in total. The normalized spacial score (nSPS) is 11.3. The second kappa shape index (κ2) is 4.51. The van der Waals surface area contributed by atoms with Crippen molar-refractivity contribution in [1.82, 2.24) is 9.97 Å². The molecular formula is C16H10N2O5. The molecule has 2 aromatic heterocycles. The Morgan fingerprint density at radius 2 is 1.91 bits per heavy atom. The van der Waals surface area contributed by atoms with Crippen LogP contribution in [0.3, 0.4) is 0 Å². The van der Waals surface area contributed by atoms with Gasteiger partial charge >= 0.3 is 0 Å². The second-order valence-electron chi connectivity index (χ2n) is 5.08. The monoisotopic (exact) mass is 310 g/mol. The molecule has 7 heteroatoms. The van der Waals surface area contributed by atoms with Gasteiger partial charge in [0.05, 0.1) is 17.4 Å². The first-order valence-corrected chi connectivity index (χ1v) is 6.70. The number of nitrogens with zero attached hydrogens (tertiary/aromatic N) is 1. The fourth-order valence-electron chi connectivity index (χ4n) is 2.54. The molecule has 114 valence electrons. The molecule has 0 aliphatic carbocycles. The Kier molecular flexibility index (Phi) is 2.59. The minimum atomic E-state index is -0.777. The van der Waals surface area contributed by atoms with Crippen molar-refractivity contribution >= 4 is 22.0 Å². The van der Waals surface area contributed by atoms with Crippen LogP contribution in [-0.4, -0.2) is 25.3 Å². The second-order valence-corrected chi connectivity index (χ2v) is 5.08. The summed E-state index contributed by atoms with van der Waals surface area (Å²) in [6, 6.07) is 7.26. The fourth-order valence-corrected chi connectivity index (χ4v) is 2.54. The van der Waals surface area contributed by atoms with E-state index in [1.807, 2.05) is 0 Å². The van der Waals surface area contributed by atoms with Crippen LogP contribution in [0.5, 0.6) is 17.2 Å². The average molecular weight is 310 g/mol. The highest BCUT2D eigenvalue weighted by molar-refractivity contribution is 5.89. The SMILES string of the molecule is O=c1c(O)c(-c2ccc3[nH]cnc3c2)oc2cc(O)cc(O)c12. The van der Waals surface area contributed by atoms with Crippen molar-refractivity contribution in [2.45, 2.75) is 0 Å². The van der Waals surface area contributed by atoms with Crippen LogP contribution in [0.2, 0.25) is 0 Å². The van der Waals surface area contributed by atoms with Crippen molar-refractivity contribution in [2.24, 2.45) is 0 Å². The zero-order valence-electron chi connectivity index (χ0n) is 11.6. The minimum Gasteiger partial charge on any atom is -0.508 e. The van der Waals surface area contributed by atoms with Crippen LogP contribution < -0.4 is 5.43 Å². The molecule has 4 rings (SSSR count). The van der Waals surface area contributed by atoms with Gasteiger partial charge in [0.1, 0.15) is 22.5 Å². The summed E-state index contributed by atoms with van der Waals surface area (Å²) in [5.74, 6) is -1.39. The fraction of sp³-hybridized carbons (Fsp3) is 0. The van der Waals surface area contributed by atoms with Gasteiger partial charge in [0.2, 0.25) is 11.2 Å². The summed E-state index contributed by atoms with van der Waals surface area (Å²) in [6.45, 7) is 0. The number of rotatable bonds is 1. The number of H-pyrrole nitrogens is 1. The lowest BCUT2D eigenvalue weighted by atomic mass is 10.1. The summed E-state index contributed by atoms with van der Waals surface area (Å²) in [4.78, 5) is 19.3. The Hall–Kier alpha value is -3.48. The topological polar surface area (TPSA) is 120 Å². The Morgan fingerprint density at radius 1 is 1.09 bits per heavy atom. The highest BCUT2D eigenvalue weighted by atomic mass is 16.4. The number of hydrogen-bond acceptors (Lipinski definition) is 6. The van der Waals surface area contributed by atoms with Crippen molar-refractivity contribution < 1.29 is 19.7 Å². The Labute approximate surface area is 128 Å². The number of benzene rings is 2. The molecule has 2 heterocycles. The molecular weight excluding hydrogens is 300 g/mol. The molecule has 0 aliphatic rings. The van der Waals surface area contributed by atoms with E-state index in [-0.39, 0.29) is 22.5 Å². The number of phenolic OH excluding ortho intramolecular Hbond substituents is 2. The van der Waals surface area contributed by atoms with Gasteiger partial charge in [-0.25, -0.2) is 4.98 Å². The summed E-state index contributed by atoms with van der Waals surface area (Å²) < 4.78 is 5.54. The van der Waals surface area contributed by atoms with Gasteiger partial charge in [-0.1, -0.05) is 0 Å². The first kappa shape index (κ1) is 13.2. The molecule has 0 amide bonds. The van der Waals surface area contributed by atoms with Gasteiger partial charge in [0.25, 0.3) is 0 Å². The van der Waals surface area contributed by atoms with Crippen molar-refractivity contribution in [2.75, 3.05) is 0 Å². The van der Waals surface area contributed by atoms with Crippen LogP contribution in [0.15, 0.2) is 45.9 Å². The molecule has 0 saturated heterocycles. The van der Waals surface area contributed by atoms with Gasteiger partial charge in [-0.3, -0.25) is 4.79 Å². The maximum absolute atomic E-state index is 12.3. The molecule has 0 aliphatic heterocycles. The highest BCUT2D eigenvalue weighted by Crippen LogP contribution is 2.35. The van der Waals surface area contributed by atoms with E-state index in [4.69, 9.17) is 4.42 Å². The molecule has 0 bridgehead atoms. The molecule has 0 radical (unpaired) electrons. The van der Waals surface area contributed by atoms with Crippen molar-refractivity contribution in [3.8, 4) is 28.6 Å². The summed E-state index contributed by atoms with van der Waals surface area (Å²) >= 11 is 0. The number of fused-ring (bicyclic) bond motifs is 2. The van der Waals surface area contributed by atoms with E-state index in [2.05, 4.69) is 9.97 Å². The zero-order valence-corrected chi connectivity index (χ0v) is 11.6. The van der Waals surface area contributed by atoms with Crippen molar-refractivity contribution in [1.29, 1.82) is 0 Å². The number of phenols is 2. The number of hydrogen-bond donors (Lipinski definition) is 4. The lowest BCUT2D eigenvalue weighted by molar-refractivity contribution is 0.438. The van der Waals surface area contributed by atoms with E-state index < -0.39 is 16.9 Å². The summed E-state index contributed by atoms with van der Waals surface area (Å²) in [7, 11) is 0. The summed E-state index contributed by atoms with van der Waals surface area (Å²) in [5.41, 5.74) is 1.09.